The fraction of sp³-hybridized carbons (Fsp3) is 0.733. The lowest BCUT2D eigenvalue weighted by Gasteiger charge is -2.26. The molecule has 1 fully saturated rings. The highest BCUT2D eigenvalue weighted by atomic mass is 35.5. The summed E-state index contributed by atoms with van der Waals surface area (Å²) in [5.74, 6) is 1.77. The Hall–Kier alpha value is -0.830. The van der Waals surface area contributed by atoms with Gasteiger partial charge in [-0.1, -0.05) is 6.42 Å². The molecule has 3 nitrogen and oxygen atoms in total. The lowest BCUT2D eigenvalue weighted by molar-refractivity contribution is 0.378. The van der Waals surface area contributed by atoms with E-state index in [1.807, 2.05) is 0 Å². The fourth-order valence-electron chi connectivity index (χ4n) is 3.33. The van der Waals surface area contributed by atoms with E-state index < -0.39 is 0 Å². The predicted octanol–water partition coefficient (Wildman–Crippen LogP) is 3.56. The van der Waals surface area contributed by atoms with Crippen molar-refractivity contribution in [1.82, 2.24) is 9.97 Å². The van der Waals surface area contributed by atoms with Crippen LogP contribution in [0.5, 0.6) is 0 Å². The van der Waals surface area contributed by atoms with Crippen LogP contribution in [-0.4, -0.2) is 21.9 Å². The van der Waals surface area contributed by atoms with Gasteiger partial charge in [-0.2, -0.15) is 0 Å². The Balaban J connectivity index is 1.63. The summed E-state index contributed by atoms with van der Waals surface area (Å²) in [5, 5.41) is 3.93. The quantitative estimate of drug-likeness (QED) is 0.860. The van der Waals surface area contributed by atoms with Gasteiger partial charge < -0.3 is 5.32 Å². The third kappa shape index (κ3) is 3.19. The molecule has 1 N–H and O–H groups in total. The van der Waals surface area contributed by atoms with E-state index in [0.717, 1.165) is 31.6 Å². The number of aryl methyl sites for hydroxylation is 1. The minimum absolute atomic E-state index is 0.375. The third-order valence-corrected chi connectivity index (χ3v) is 4.80. The Labute approximate surface area is 120 Å². The molecule has 1 aromatic rings. The number of rotatable bonds is 3. The van der Waals surface area contributed by atoms with Crippen molar-refractivity contribution in [3.8, 4) is 0 Å². The number of hydrogen-bond acceptors (Lipinski definition) is 3. The molecule has 0 spiro atoms. The van der Waals surface area contributed by atoms with E-state index in [1.54, 1.807) is 6.33 Å². The Morgan fingerprint density at radius 3 is 2.95 bits per heavy atom. The molecule has 104 valence electrons. The van der Waals surface area contributed by atoms with Crippen molar-refractivity contribution in [2.45, 2.75) is 56.7 Å². The summed E-state index contributed by atoms with van der Waals surface area (Å²) in [6.07, 6.45) is 11.4. The number of alkyl halides is 1. The molecule has 0 aromatic carbocycles. The van der Waals surface area contributed by atoms with Gasteiger partial charge in [0.05, 0.1) is 0 Å². The van der Waals surface area contributed by atoms with E-state index in [1.165, 1.54) is 43.4 Å². The number of anilines is 1. The van der Waals surface area contributed by atoms with Gasteiger partial charge in [-0.25, -0.2) is 9.97 Å². The van der Waals surface area contributed by atoms with Gasteiger partial charge in [-0.05, 0) is 50.9 Å². The standard InChI is InChI=1S/C15H22ClN3/c16-12-5-3-4-11(8-12)9-17-15-13-6-1-2-7-14(13)18-10-19-15/h10-12H,1-9H2,(H,17,18,19). The van der Waals surface area contributed by atoms with Gasteiger partial charge in [0.25, 0.3) is 0 Å². The molecule has 19 heavy (non-hydrogen) atoms. The molecule has 2 unspecified atom stereocenters. The van der Waals surface area contributed by atoms with Crippen LogP contribution in [0.4, 0.5) is 5.82 Å². The van der Waals surface area contributed by atoms with Crippen LogP contribution in [-0.2, 0) is 12.8 Å². The van der Waals surface area contributed by atoms with Gasteiger partial charge in [0.1, 0.15) is 12.1 Å². The molecule has 0 amide bonds. The van der Waals surface area contributed by atoms with Crippen LogP contribution in [0.3, 0.4) is 0 Å². The van der Waals surface area contributed by atoms with Gasteiger partial charge in [0.2, 0.25) is 0 Å². The van der Waals surface area contributed by atoms with Crippen molar-refractivity contribution in [3.63, 3.8) is 0 Å². The van der Waals surface area contributed by atoms with E-state index in [-0.39, 0.29) is 0 Å². The Bertz CT molecular complexity index is 435. The maximum atomic E-state index is 6.26. The summed E-state index contributed by atoms with van der Waals surface area (Å²) in [6.45, 7) is 1.01. The summed E-state index contributed by atoms with van der Waals surface area (Å²) in [7, 11) is 0. The molecule has 4 heteroatoms. The zero-order chi connectivity index (χ0) is 13.1. The topological polar surface area (TPSA) is 37.8 Å². The third-order valence-electron chi connectivity index (χ3n) is 4.40. The molecule has 3 rings (SSSR count). The van der Waals surface area contributed by atoms with Crippen LogP contribution in [0.2, 0.25) is 0 Å². The van der Waals surface area contributed by atoms with Crippen molar-refractivity contribution in [2.24, 2.45) is 5.92 Å². The maximum absolute atomic E-state index is 6.26. The van der Waals surface area contributed by atoms with Crippen LogP contribution in [0.1, 0.15) is 49.8 Å². The van der Waals surface area contributed by atoms with Crippen molar-refractivity contribution in [2.75, 3.05) is 11.9 Å². The molecule has 0 radical (unpaired) electrons. The predicted molar refractivity (Wildman–Crippen MR) is 78.8 cm³/mol. The zero-order valence-corrected chi connectivity index (χ0v) is 12.1. The highest BCUT2D eigenvalue weighted by Crippen LogP contribution is 2.29. The van der Waals surface area contributed by atoms with Crippen molar-refractivity contribution >= 4 is 17.4 Å². The molecule has 0 aliphatic heterocycles. The summed E-state index contributed by atoms with van der Waals surface area (Å²) in [4.78, 5) is 8.85. The average molecular weight is 280 g/mol. The van der Waals surface area contributed by atoms with Gasteiger partial charge >= 0.3 is 0 Å². The van der Waals surface area contributed by atoms with E-state index in [0.29, 0.717) is 11.3 Å². The largest absolute Gasteiger partial charge is 0.369 e. The van der Waals surface area contributed by atoms with Crippen molar-refractivity contribution in [1.29, 1.82) is 0 Å². The normalized spacial score (nSPS) is 26.8. The molecule has 2 aliphatic rings. The molecule has 2 atom stereocenters. The lowest BCUT2D eigenvalue weighted by atomic mass is 9.89. The monoisotopic (exact) mass is 279 g/mol. The second-order valence-corrected chi connectivity index (χ2v) is 6.48. The second kappa shape index (κ2) is 6.08. The van der Waals surface area contributed by atoms with Crippen LogP contribution in [0.25, 0.3) is 0 Å². The number of fused-ring (bicyclic) bond motifs is 1. The van der Waals surface area contributed by atoms with Gasteiger partial charge in [0, 0.05) is 23.2 Å². The molecular weight excluding hydrogens is 258 g/mol. The lowest BCUT2D eigenvalue weighted by Crippen LogP contribution is -2.23. The fourth-order valence-corrected chi connectivity index (χ4v) is 3.73. The average Bonchev–Trinajstić information content (AvgIpc) is 2.45. The van der Waals surface area contributed by atoms with Crippen LogP contribution in [0.15, 0.2) is 6.33 Å². The Morgan fingerprint density at radius 1 is 1.16 bits per heavy atom. The Kier molecular flexibility index (Phi) is 4.21. The van der Waals surface area contributed by atoms with Crippen molar-refractivity contribution < 1.29 is 0 Å². The van der Waals surface area contributed by atoms with Crippen molar-refractivity contribution in [3.05, 3.63) is 17.6 Å². The van der Waals surface area contributed by atoms with Gasteiger partial charge in [-0.3, -0.25) is 0 Å². The van der Waals surface area contributed by atoms with Gasteiger partial charge in [0.15, 0.2) is 0 Å². The summed E-state index contributed by atoms with van der Waals surface area (Å²) >= 11 is 6.26. The number of nitrogens with zero attached hydrogens (tertiary/aromatic N) is 2. The first-order valence-electron chi connectivity index (χ1n) is 7.53. The summed E-state index contributed by atoms with van der Waals surface area (Å²) < 4.78 is 0. The zero-order valence-electron chi connectivity index (χ0n) is 11.4. The molecule has 1 heterocycles. The molecular formula is C15H22ClN3. The first-order valence-corrected chi connectivity index (χ1v) is 7.97. The SMILES string of the molecule is ClC1CCCC(CNc2ncnc3c2CCCC3)C1. The number of halogens is 1. The number of nitrogens with one attached hydrogen (secondary N) is 1. The molecule has 0 saturated heterocycles. The highest BCUT2D eigenvalue weighted by Gasteiger charge is 2.21. The number of aromatic nitrogens is 2. The molecule has 1 aromatic heterocycles. The first kappa shape index (κ1) is 13.2. The maximum Gasteiger partial charge on any atom is 0.132 e. The van der Waals surface area contributed by atoms with Crippen LogP contribution >= 0.6 is 11.6 Å². The second-order valence-electron chi connectivity index (χ2n) is 5.87. The molecule has 1 saturated carbocycles. The van der Waals surface area contributed by atoms with Crippen LogP contribution < -0.4 is 5.32 Å². The minimum Gasteiger partial charge on any atom is -0.369 e. The molecule has 0 bridgehead atoms. The van der Waals surface area contributed by atoms with Gasteiger partial charge in [-0.15, -0.1) is 11.6 Å². The smallest absolute Gasteiger partial charge is 0.132 e. The Morgan fingerprint density at radius 2 is 2.05 bits per heavy atom. The van der Waals surface area contributed by atoms with E-state index in [2.05, 4.69) is 15.3 Å². The first-order chi connectivity index (χ1) is 9.33. The minimum atomic E-state index is 0.375. The number of hydrogen-bond donors (Lipinski definition) is 1. The van der Waals surface area contributed by atoms with Crippen LogP contribution in [0, 0.1) is 5.92 Å². The summed E-state index contributed by atoms with van der Waals surface area (Å²) in [5.41, 5.74) is 2.61. The highest BCUT2D eigenvalue weighted by molar-refractivity contribution is 6.20. The van der Waals surface area contributed by atoms with E-state index in [9.17, 15) is 0 Å². The summed E-state index contributed by atoms with van der Waals surface area (Å²) in [6, 6.07) is 0. The van der Waals surface area contributed by atoms with E-state index in [4.69, 9.17) is 11.6 Å². The van der Waals surface area contributed by atoms with E-state index >= 15 is 0 Å². The molecule has 2 aliphatic carbocycles.